The third-order valence-corrected chi connectivity index (χ3v) is 7.17. The maximum atomic E-state index is 13.4. The number of ether oxygens (including phenoxy) is 2. The number of amides is 1. The van der Waals surface area contributed by atoms with E-state index in [0.29, 0.717) is 30.4 Å². The summed E-state index contributed by atoms with van der Waals surface area (Å²) in [7, 11) is -3.94. The molecule has 0 aliphatic carbocycles. The first-order valence-corrected chi connectivity index (χ1v) is 12.1. The van der Waals surface area contributed by atoms with Crippen LogP contribution in [0.5, 0.6) is 11.5 Å². The molecule has 0 saturated carbocycles. The van der Waals surface area contributed by atoms with Crippen LogP contribution in [-0.2, 0) is 14.8 Å². The molecule has 0 spiro atoms. The lowest BCUT2D eigenvalue weighted by Crippen LogP contribution is -2.41. The minimum atomic E-state index is -3.94. The summed E-state index contributed by atoms with van der Waals surface area (Å²) in [5.41, 5.74) is 2.25. The van der Waals surface area contributed by atoms with Gasteiger partial charge in [0.05, 0.1) is 16.6 Å². The summed E-state index contributed by atoms with van der Waals surface area (Å²) >= 11 is 0. The molecule has 3 aromatic rings. The maximum absolute atomic E-state index is 13.4. The zero-order valence-electron chi connectivity index (χ0n) is 18.5. The second-order valence-electron chi connectivity index (χ2n) is 7.85. The van der Waals surface area contributed by atoms with Gasteiger partial charge in [0, 0.05) is 0 Å². The Kier molecular flexibility index (Phi) is 6.55. The van der Waals surface area contributed by atoms with Gasteiger partial charge < -0.3 is 14.8 Å². The van der Waals surface area contributed by atoms with E-state index in [1.165, 1.54) is 12.1 Å². The van der Waals surface area contributed by atoms with Crippen LogP contribution in [-0.4, -0.2) is 34.1 Å². The molecular formula is C25H26N2O5S. The second-order valence-corrected chi connectivity index (χ2v) is 9.71. The number of rotatable bonds is 7. The van der Waals surface area contributed by atoms with E-state index in [2.05, 4.69) is 5.32 Å². The van der Waals surface area contributed by atoms with E-state index in [9.17, 15) is 13.2 Å². The fraction of sp³-hybridized carbons (Fsp3) is 0.240. The van der Waals surface area contributed by atoms with Crippen molar-refractivity contribution in [2.24, 2.45) is 0 Å². The highest BCUT2D eigenvalue weighted by molar-refractivity contribution is 7.92. The van der Waals surface area contributed by atoms with E-state index in [1.807, 2.05) is 44.2 Å². The largest absolute Gasteiger partial charge is 0.486 e. The first-order valence-electron chi connectivity index (χ1n) is 10.7. The van der Waals surface area contributed by atoms with Gasteiger partial charge in [-0.2, -0.15) is 0 Å². The Morgan fingerprint density at radius 3 is 2.33 bits per heavy atom. The van der Waals surface area contributed by atoms with Crippen LogP contribution in [0, 0.1) is 6.92 Å². The van der Waals surface area contributed by atoms with Crippen molar-refractivity contribution in [3.05, 3.63) is 83.9 Å². The Bertz CT molecular complexity index is 1230. The number of aryl methyl sites for hydroxylation is 1. The quantitative estimate of drug-likeness (QED) is 0.572. The lowest BCUT2D eigenvalue weighted by atomic mass is 10.1. The monoisotopic (exact) mass is 466 g/mol. The first-order chi connectivity index (χ1) is 15.8. The Morgan fingerprint density at radius 1 is 0.970 bits per heavy atom. The predicted molar refractivity (Wildman–Crippen MR) is 126 cm³/mol. The van der Waals surface area contributed by atoms with Crippen molar-refractivity contribution >= 4 is 21.6 Å². The van der Waals surface area contributed by atoms with Crippen molar-refractivity contribution in [1.29, 1.82) is 0 Å². The third-order valence-electron chi connectivity index (χ3n) is 5.38. The highest BCUT2D eigenvalue weighted by atomic mass is 32.2. The number of carbonyl (C=O) groups is 1. The number of nitrogens with one attached hydrogen (secondary N) is 1. The van der Waals surface area contributed by atoms with E-state index in [0.717, 1.165) is 15.4 Å². The standard InChI is InChI=1S/C25H26N2O5S/c1-18-8-11-21(12-9-18)27(33(29,30)22-6-4-3-5-7-22)17-25(28)26-19(2)20-10-13-23-24(16-20)32-15-14-31-23/h3-13,16,19H,14-15,17H2,1-2H3,(H,26,28). The summed E-state index contributed by atoms with van der Waals surface area (Å²) in [6.07, 6.45) is 0. The molecule has 0 saturated heterocycles. The normalized spacial score (nSPS) is 13.8. The molecule has 1 heterocycles. The molecule has 0 aromatic heterocycles. The molecule has 3 aromatic carbocycles. The molecule has 7 nitrogen and oxygen atoms in total. The van der Waals surface area contributed by atoms with Gasteiger partial charge in [0.15, 0.2) is 11.5 Å². The Morgan fingerprint density at radius 2 is 1.64 bits per heavy atom. The number of fused-ring (bicyclic) bond motifs is 1. The van der Waals surface area contributed by atoms with Crippen molar-refractivity contribution in [2.45, 2.75) is 24.8 Å². The third kappa shape index (κ3) is 5.12. The van der Waals surface area contributed by atoms with Crippen molar-refractivity contribution in [2.75, 3.05) is 24.1 Å². The number of hydrogen-bond donors (Lipinski definition) is 1. The minimum absolute atomic E-state index is 0.123. The van der Waals surface area contributed by atoms with Crippen LogP contribution in [0.2, 0.25) is 0 Å². The molecule has 1 amide bonds. The highest BCUT2D eigenvalue weighted by Crippen LogP contribution is 2.32. The highest BCUT2D eigenvalue weighted by Gasteiger charge is 2.27. The molecule has 4 rings (SSSR count). The first kappa shape index (κ1) is 22.7. The summed E-state index contributed by atoms with van der Waals surface area (Å²) in [5, 5.41) is 2.90. The lowest BCUT2D eigenvalue weighted by Gasteiger charge is -2.25. The van der Waals surface area contributed by atoms with Gasteiger partial charge in [0.2, 0.25) is 5.91 Å². The number of nitrogens with zero attached hydrogens (tertiary/aromatic N) is 1. The SMILES string of the molecule is Cc1ccc(N(CC(=O)NC(C)c2ccc3c(c2)OCCO3)S(=O)(=O)c2ccccc2)cc1. The molecule has 1 aliphatic heterocycles. The molecule has 0 bridgehead atoms. The molecule has 172 valence electrons. The molecule has 0 fully saturated rings. The average Bonchev–Trinajstić information content (AvgIpc) is 2.83. The zero-order chi connectivity index (χ0) is 23.4. The zero-order valence-corrected chi connectivity index (χ0v) is 19.3. The van der Waals surface area contributed by atoms with Crippen molar-refractivity contribution in [1.82, 2.24) is 5.32 Å². The molecule has 1 unspecified atom stereocenters. The predicted octanol–water partition coefficient (Wildman–Crippen LogP) is 3.84. The van der Waals surface area contributed by atoms with Crippen LogP contribution >= 0.6 is 0 Å². The Balaban J connectivity index is 1.56. The van der Waals surface area contributed by atoms with Gasteiger partial charge in [-0.05, 0) is 55.8 Å². The Hall–Kier alpha value is -3.52. The van der Waals surface area contributed by atoms with Gasteiger partial charge >= 0.3 is 0 Å². The van der Waals surface area contributed by atoms with Crippen molar-refractivity contribution in [3.8, 4) is 11.5 Å². The van der Waals surface area contributed by atoms with E-state index in [4.69, 9.17) is 9.47 Å². The minimum Gasteiger partial charge on any atom is -0.486 e. The van der Waals surface area contributed by atoms with Crippen molar-refractivity contribution < 1.29 is 22.7 Å². The number of benzene rings is 3. The summed E-state index contributed by atoms with van der Waals surface area (Å²) in [6, 6.07) is 20.3. The molecule has 1 aliphatic rings. The van der Waals surface area contributed by atoms with Gasteiger partial charge in [0.1, 0.15) is 19.8 Å². The maximum Gasteiger partial charge on any atom is 0.264 e. The second kappa shape index (κ2) is 9.54. The van der Waals surface area contributed by atoms with Crippen molar-refractivity contribution in [3.63, 3.8) is 0 Å². The van der Waals surface area contributed by atoms with Gasteiger partial charge in [-0.3, -0.25) is 9.10 Å². The summed E-state index contributed by atoms with van der Waals surface area (Å²) in [6.45, 7) is 4.38. The topological polar surface area (TPSA) is 84.9 Å². The smallest absolute Gasteiger partial charge is 0.264 e. The van der Waals surface area contributed by atoms with E-state index in [1.54, 1.807) is 30.3 Å². The number of sulfonamides is 1. The van der Waals surface area contributed by atoms with Crippen LogP contribution in [0.25, 0.3) is 0 Å². The molecule has 33 heavy (non-hydrogen) atoms. The van der Waals surface area contributed by atoms with Crippen LogP contribution in [0.1, 0.15) is 24.1 Å². The average molecular weight is 467 g/mol. The van der Waals surface area contributed by atoms with E-state index in [-0.39, 0.29) is 17.5 Å². The Labute approximate surface area is 194 Å². The van der Waals surface area contributed by atoms with Crippen LogP contribution in [0.4, 0.5) is 5.69 Å². The van der Waals surface area contributed by atoms with Gasteiger partial charge in [-0.1, -0.05) is 42.0 Å². The summed E-state index contributed by atoms with van der Waals surface area (Å²) < 4.78 is 39.1. The van der Waals surface area contributed by atoms with Gasteiger partial charge in [-0.25, -0.2) is 8.42 Å². The fourth-order valence-corrected chi connectivity index (χ4v) is 5.02. The van der Waals surface area contributed by atoms with Gasteiger partial charge in [-0.15, -0.1) is 0 Å². The van der Waals surface area contributed by atoms with Crippen LogP contribution < -0.4 is 19.1 Å². The summed E-state index contributed by atoms with van der Waals surface area (Å²) in [4.78, 5) is 13.1. The number of hydrogen-bond acceptors (Lipinski definition) is 5. The summed E-state index contributed by atoms with van der Waals surface area (Å²) in [5.74, 6) is 0.883. The van der Waals surface area contributed by atoms with E-state index < -0.39 is 15.9 Å². The number of carbonyl (C=O) groups excluding carboxylic acids is 1. The van der Waals surface area contributed by atoms with Crippen LogP contribution in [0.15, 0.2) is 77.7 Å². The lowest BCUT2D eigenvalue weighted by molar-refractivity contribution is -0.120. The molecule has 8 heteroatoms. The van der Waals surface area contributed by atoms with Gasteiger partial charge in [0.25, 0.3) is 10.0 Å². The van der Waals surface area contributed by atoms with E-state index >= 15 is 0 Å². The molecule has 0 radical (unpaired) electrons. The molecule has 1 atom stereocenters. The van der Waals surface area contributed by atoms with Crippen LogP contribution in [0.3, 0.4) is 0 Å². The number of anilines is 1. The fourth-order valence-electron chi connectivity index (χ4n) is 3.58. The molecule has 1 N–H and O–H groups in total. The molecular weight excluding hydrogens is 440 g/mol.